The van der Waals surface area contributed by atoms with E-state index in [1.54, 1.807) is 48.5 Å². The number of non-ortho nitro benzene ring substituents is 1. The van der Waals surface area contributed by atoms with Crippen LogP contribution in [-0.2, 0) is 4.74 Å². The third kappa shape index (κ3) is 16.8. The summed E-state index contributed by atoms with van der Waals surface area (Å²) in [6, 6.07) is 18.9. The summed E-state index contributed by atoms with van der Waals surface area (Å²) in [7, 11) is 0. The van der Waals surface area contributed by atoms with Gasteiger partial charge >= 0.3 is 0 Å². The van der Waals surface area contributed by atoms with E-state index >= 15 is 0 Å². The van der Waals surface area contributed by atoms with Gasteiger partial charge in [0.05, 0.1) is 25.9 Å². The third-order valence-electron chi connectivity index (χ3n) is 7.51. The first-order valence-electron chi connectivity index (χ1n) is 16.9. The summed E-state index contributed by atoms with van der Waals surface area (Å²) in [5.74, 6) is -0.0480. The molecule has 3 rings (SSSR count). The molecule has 0 bridgehead atoms. The monoisotopic (exact) mass is 651 g/mol. The minimum atomic E-state index is -0.527. The van der Waals surface area contributed by atoms with Gasteiger partial charge in [0.2, 0.25) is 0 Å². The first-order chi connectivity index (χ1) is 22.6. The summed E-state index contributed by atoms with van der Waals surface area (Å²) in [5, 5.41) is 32.6. The molecule has 0 saturated heterocycles. The van der Waals surface area contributed by atoms with Crippen molar-refractivity contribution in [2.75, 3.05) is 13.2 Å². The maximum Gasteiger partial charge on any atom is 0.280 e. The molecule has 0 fully saturated rings. The molecular formula is C37H53N3O7. The molecule has 258 valence electrons. The average molecular weight is 652 g/mol. The fourth-order valence-corrected chi connectivity index (χ4v) is 4.93. The molecule has 10 heteroatoms. The van der Waals surface area contributed by atoms with Crippen molar-refractivity contribution < 1.29 is 19.5 Å². The standard InChI is InChI=1S/C16H34O.C15H14N2O4.C6H5NO2/c1-3-5-7-9-11-13-15-17-16-14-12-10-8-6-4-2;1-10(2)11-7-5-8-13(15(11)17(20)21)12-6-3-4-9-14(12)16(18)19;8-7(9)6-4-2-1-3-5-6/h3-16H2,1-2H3;3-10H,1-2H3;1-5H. The van der Waals surface area contributed by atoms with Crippen molar-refractivity contribution in [3.05, 3.63) is 109 Å². The minimum absolute atomic E-state index is 0.0480. The van der Waals surface area contributed by atoms with Gasteiger partial charge < -0.3 is 4.74 Å². The molecule has 0 radical (unpaired) electrons. The molecule has 0 aromatic heterocycles. The molecule has 47 heavy (non-hydrogen) atoms. The van der Waals surface area contributed by atoms with Gasteiger partial charge in [0, 0.05) is 37.0 Å². The highest BCUT2D eigenvalue weighted by Crippen LogP contribution is 2.39. The number of nitrogens with zero attached hydrogens (tertiary/aromatic N) is 3. The second-order valence-corrected chi connectivity index (χ2v) is 11.7. The number of rotatable bonds is 19. The Morgan fingerprint density at radius 3 is 1.51 bits per heavy atom. The zero-order valence-corrected chi connectivity index (χ0v) is 28.6. The number of para-hydroxylation sites is 3. The van der Waals surface area contributed by atoms with Crippen molar-refractivity contribution in [3.8, 4) is 11.1 Å². The molecule has 0 aliphatic carbocycles. The maximum absolute atomic E-state index is 11.4. The Morgan fingerprint density at radius 2 is 1.04 bits per heavy atom. The molecule has 3 aromatic carbocycles. The number of unbranched alkanes of at least 4 members (excludes halogenated alkanes) is 10. The zero-order valence-electron chi connectivity index (χ0n) is 28.6. The number of hydrogen-bond acceptors (Lipinski definition) is 7. The van der Waals surface area contributed by atoms with Gasteiger partial charge in [-0.2, -0.15) is 0 Å². The Kier molecular flexibility index (Phi) is 21.7. The van der Waals surface area contributed by atoms with Crippen LogP contribution in [-0.4, -0.2) is 28.0 Å². The minimum Gasteiger partial charge on any atom is -0.381 e. The van der Waals surface area contributed by atoms with Crippen molar-refractivity contribution in [1.82, 2.24) is 0 Å². The predicted octanol–water partition coefficient (Wildman–Crippen LogP) is 11.6. The summed E-state index contributed by atoms with van der Waals surface area (Å²) in [5.41, 5.74) is 1.03. The Bertz CT molecular complexity index is 1300. The van der Waals surface area contributed by atoms with Crippen LogP contribution in [0.15, 0.2) is 72.8 Å². The largest absolute Gasteiger partial charge is 0.381 e. The van der Waals surface area contributed by atoms with E-state index in [2.05, 4.69) is 13.8 Å². The Morgan fingerprint density at radius 1 is 0.553 bits per heavy atom. The van der Waals surface area contributed by atoms with Gasteiger partial charge in [-0.05, 0) is 30.9 Å². The van der Waals surface area contributed by atoms with Gasteiger partial charge in [0.1, 0.15) is 0 Å². The van der Waals surface area contributed by atoms with Gasteiger partial charge in [0.15, 0.2) is 0 Å². The lowest BCUT2D eigenvalue weighted by atomic mass is 9.94. The Balaban J connectivity index is 0.000000380. The molecule has 0 spiro atoms. The summed E-state index contributed by atoms with van der Waals surface area (Å²) in [6.45, 7) is 10.2. The molecule has 0 aliphatic rings. The lowest BCUT2D eigenvalue weighted by Crippen LogP contribution is -2.01. The second-order valence-electron chi connectivity index (χ2n) is 11.7. The summed E-state index contributed by atoms with van der Waals surface area (Å²) in [6.07, 6.45) is 16.3. The fourth-order valence-electron chi connectivity index (χ4n) is 4.93. The highest BCUT2D eigenvalue weighted by atomic mass is 16.6. The normalized spacial score (nSPS) is 10.4. The highest BCUT2D eigenvalue weighted by Gasteiger charge is 2.26. The molecule has 0 amide bonds. The van der Waals surface area contributed by atoms with Crippen LogP contribution < -0.4 is 0 Å². The quantitative estimate of drug-likeness (QED) is 0.0713. The van der Waals surface area contributed by atoms with Gasteiger partial charge in [-0.1, -0.05) is 134 Å². The first kappa shape index (κ1) is 40.8. The van der Waals surface area contributed by atoms with Crippen LogP contribution in [0.4, 0.5) is 17.1 Å². The van der Waals surface area contributed by atoms with Crippen LogP contribution in [0.3, 0.4) is 0 Å². The number of nitro groups is 3. The summed E-state index contributed by atoms with van der Waals surface area (Å²) in [4.78, 5) is 31.2. The van der Waals surface area contributed by atoms with Crippen LogP contribution in [0.5, 0.6) is 0 Å². The van der Waals surface area contributed by atoms with Crippen molar-refractivity contribution in [2.24, 2.45) is 0 Å². The van der Waals surface area contributed by atoms with Crippen LogP contribution in [0.25, 0.3) is 11.1 Å². The maximum atomic E-state index is 11.4. The molecule has 0 aliphatic heterocycles. The van der Waals surface area contributed by atoms with E-state index in [1.165, 1.54) is 101 Å². The lowest BCUT2D eigenvalue weighted by molar-refractivity contribution is -0.386. The topological polar surface area (TPSA) is 139 Å². The molecular weight excluding hydrogens is 598 g/mol. The molecule has 3 aromatic rings. The average Bonchev–Trinajstić information content (AvgIpc) is 3.07. The van der Waals surface area contributed by atoms with E-state index in [0.717, 1.165) is 13.2 Å². The SMILES string of the molecule is CC(C)c1cccc(-c2ccccc2[N+](=O)[O-])c1[N+](=O)[O-].CCCCCCCCOCCCCCCCC.O=[N+]([O-])c1ccccc1. The van der Waals surface area contributed by atoms with Crippen molar-refractivity contribution in [3.63, 3.8) is 0 Å². The van der Waals surface area contributed by atoms with E-state index in [4.69, 9.17) is 4.74 Å². The third-order valence-corrected chi connectivity index (χ3v) is 7.51. The molecule has 10 nitrogen and oxygen atoms in total. The van der Waals surface area contributed by atoms with E-state index in [0.29, 0.717) is 5.56 Å². The van der Waals surface area contributed by atoms with Crippen molar-refractivity contribution in [1.29, 1.82) is 0 Å². The second kappa shape index (κ2) is 25.0. The Labute approximate surface area is 280 Å². The number of ether oxygens (including phenoxy) is 1. The van der Waals surface area contributed by atoms with Gasteiger partial charge in [-0.15, -0.1) is 0 Å². The molecule has 0 heterocycles. The molecule has 0 N–H and O–H groups in total. The molecule has 0 atom stereocenters. The van der Waals surface area contributed by atoms with Crippen LogP contribution >= 0.6 is 0 Å². The smallest absolute Gasteiger partial charge is 0.280 e. The van der Waals surface area contributed by atoms with Gasteiger partial charge in [-0.25, -0.2) is 0 Å². The predicted molar refractivity (Wildman–Crippen MR) is 190 cm³/mol. The zero-order chi connectivity index (χ0) is 34.9. The van der Waals surface area contributed by atoms with Crippen LogP contribution in [0.1, 0.15) is 116 Å². The fraction of sp³-hybridized carbons (Fsp3) is 0.514. The molecule has 0 saturated carbocycles. The van der Waals surface area contributed by atoms with Crippen molar-refractivity contribution in [2.45, 2.75) is 111 Å². The van der Waals surface area contributed by atoms with E-state index < -0.39 is 14.8 Å². The van der Waals surface area contributed by atoms with E-state index in [9.17, 15) is 30.3 Å². The van der Waals surface area contributed by atoms with Crippen molar-refractivity contribution >= 4 is 17.1 Å². The Hall–Kier alpha value is -4.18. The van der Waals surface area contributed by atoms with E-state index in [1.807, 2.05) is 13.8 Å². The number of hydrogen-bond donors (Lipinski definition) is 0. The van der Waals surface area contributed by atoms with E-state index in [-0.39, 0.29) is 34.1 Å². The number of nitro benzene ring substituents is 3. The first-order valence-corrected chi connectivity index (χ1v) is 16.9. The number of benzene rings is 3. The van der Waals surface area contributed by atoms with Gasteiger partial charge in [-0.3, -0.25) is 30.3 Å². The summed E-state index contributed by atoms with van der Waals surface area (Å²) < 4.78 is 5.65. The highest BCUT2D eigenvalue weighted by molar-refractivity contribution is 5.82. The molecule has 0 unspecified atom stereocenters. The van der Waals surface area contributed by atoms with Crippen LogP contribution in [0.2, 0.25) is 0 Å². The van der Waals surface area contributed by atoms with Crippen LogP contribution in [0, 0.1) is 30.3 Å². The van der Waals surface area contributed by atoms with Gasteiger partial charge in [0.25, 0.3) is 17.1 Å². The lowest BCUT2D eigenvalue weighted by Gasteiger charge is -2.10. The summed E-state index contributed by atoms with van der Waals surface area (Å²) >= 11 is 0.